The standard InChI is InChI=1S/C15H21ClN2O/c1-2-10-18(12-6-5-9-17-11-12)15(19)13-7-3-4-8-14(13)16/h3-4,7-8,12,17H,2,5-6,9-11H2,1H3. The molecule has 1 aromatic rings. The maximum absolute atomic E-state index is 12.7. The highest BCUT2D eigenvalue weighted by Gasteiger charge is 2.26. The first-order valence-electron chi connectivity index (χ1n) is 7.00. The van der Waals surface area contributed by atoms with Crippen LogP contribution in [0, 0.1) is 0 Å². The van der Waals surface area contributed by atoms with Crippen molar-refractivity contribution in [3.05, 3.63) is 34.9 Å². The molecule has 0 spiro atoms. The molecular weight excluding hydrogens is 260 g/mol. The van der Waals surface area contributed by atoms with Crippen LogP contribution in [0.3, 0.4) is 0 Å². The normalized spacial score (nSPS) is 19.2. The van der Waals surface area contributed by atoms with Gasteiger partial charge in [0.05, 0.1) is 10.6 Å². The molecule has 1 saturated heterocycles. The largest absolute Gasteiger partial charge is 0.334 e. The number of nitrogens with one attached hydrogen (secondary N) is 1. The van der Waals surface area contributed by atoms with E-state index in [1.54, 1.807) is 6.07 Å². The van der Waals surface area contributed by atoms with Crippen molar-refractivity contribution in [2.45, 2.75) is 32.2 Å². The Hall–Kier alpha value is -1.06. The lowest BCUT2D eigenvalue weighted by molar-refractivity contribution is 0.0649. The molecule has 104 valence electrons. The van der Waals surface area contributed by atoms with Gasteiger partial charge in [-0.3, -0.25) is 4.79 Å². The van der Waals surface area contributed by atoms with Crippen molar-refractivity contribution >= 4 is 17.5 Å². The van der Waals surface area contributed by atoms with Crippen molar-refractivity contribution in [2.75, 3.05) is 19.6 Å². The maximum atomic E-state index is 12.7. The Kier molecular flexibility index (Phi) is 5.23. The number of halogens is 1. The number of rotatable bonds is 4. The Bertz CT molecular complexity index is 430. The summed E-state index contributed by atoms with van der Waals surface area (Å²) in [7, 11) is 0. The lowest BCUT2D eigenvalue weighted by atomic mass is 10.0. The van der Waals surface area contributed by atoms with Gasteiger partial charge < -0.3 is 10.2 Å². The van der Waals surface area contributed by atoms with Gasteiger partial charge in [0.25, 0.3) is 5.91 Å². The Morgan fingerprint density at radius 3 is 2.89 bits per heavy atom. The van der Waals surface area contributed by atoms with E-state index in [9.17, 15) is 4.79 Å². The molecule has 1 heterocycles. The van der Waals surface area contributed by atoms with E-state index in [4.69, 9.17) is 11.6 Å². The molecule has 1 atom stereocenters. The summed E-state index contributed by atoms with van der Waals surface area (Å²) in [6.45, 7) is 4.83. The van der Waals surface area contributed by atoms with Crippen molar-refractivity contribution in [3.63, 3.8) is 0 Å². The molecule has 0 aromatic heterocycles. The zero-order valence-corrected chi connectivity index (χ0v) is 12.1. The topological polar surface area (TPSA) is 32.3 Å². The molecule has 1 aliphatic rings. The van der Waals surface area contributed by atoms with Gasteiger partial charge in [0.1, 0.15) is 0 Å². The summed E-state index contributed by atoms with van der Waals surface area (Å²) in [5.41, 5.74) is 0.614. The van der Waals surface area contributed by atoms with Crippen molar-refractivity contribution < 1.29 is 4.79 Å². The average molecular weight is 281 g/mol. The van der Waals surface area contributed by atoms with Crippen LogP contribution in [0.5, 0.6) is 0 Å². The predicted molar refractivity (Wildman–Crippen MR) is 78.7 cm³/mol. The Morgan fingerprint density at radius 2 is 2.26 bits per heavy atom. The highest BCUT2D eigenvalue weighted by molar-refractivity contribution is 6.33. The van der Waals surface area contributed by atoms with Gasteiger partial charge in [0.15, 0.2) is 0 Å². The molecule has 1 aromatic carbocycles. The SMILES string of the molecule is CCCN(C(=O)c1ccccc1Cl)C1CCCNC1. The fraction of sp³-hybridized carbons (Fsp3) is 0.533. The van der Waals surface area contributed by atoms with Gasteiger partial charge in [-0.15, -0.1) is 0 Å². The molecule has 2 rings (SSSR count). The minimum absolute atomic E-state index is 0.0566. The maximum Gasteiger partial charge on any atom is 0.255 e. The van der Waals surface area contributed by atoms with Gasteiger partial charge in [0, 0.05) is 19.1 Å². The number of benzene rings is 1. The van der Waals surface area contributed by atoms with Crippen LogP contribution < -0.4 is 5.32 Å². The Labute approximate surface area is 119 Å². The van der Waals surface area contributed by atoms with E-state index in [-0.39, 0.29) is 11.9 Å². The van der Waals surface area contributed by atoms with Crippen LogP contribution >= 0.6 is 11.6 Å². The molecule has 1 unspecified atom stereocenters. The van der Waals surface area contributed by atoms with Gasteiger partial charge in [0.2, 0.25) is 0 Å². The summed E-state index contributed by atoms with van der Waals surface area (Å²) < 4.78 is 0. The molecule has 0 radical (unpaired) electrons. The zero-order chi connectivity index (χ0) is 13.7. The van der Waals surface area contributed by atoms with Crippen molar-refractivity contribution in [1.29, 1.82) is 0 Å². The molecule has 1 amide bonds. The van der Waals surface area contributed by atoms with E-state index in [1.807, 2.05) is 23.1 Å². The number of hydrogen-bond acceptors (Lipinski definition) is 2. The average Bonchev–Trinajstić information content (AvgIpc) is 2.45. The summed E-state index contributed by atoms with van der Waals surface area (Å²) >= 11 is 6.14. The molecule has 1 fully saturated rings. The van der Waals surface area contributed by atoms with Crippen molar-refractivity contribution in [3.8, 4) is 0 Å². The third-order valence-electron chi connectivity index (χ3n) is 3.54. The minimum Gasteiger partial charge on any atom is -0.334 e. The zero-order valence-electron chi connectivity index (χ0n) is 11.4. The lowest BCUT2D eigenvalue weighted by Gasteiger charge is -2.34. The van der Waals surface area contributed by atoms with Gasteiger partial charge in [-0.05, 0) is 37.9 Å². The summed E-state index contributed by atoms with van der Waals surface area (Å²) in [5, 5.41) is 3.91. The number of piperidine rings is 1. The second-order valence-electron chi connectivity index (χ2n) is 4.98. The number of amides is 1. The van der Waals surface area contributed by atoms with Crippen LogP contribution in [-0.4, -0.2) is 36.5 Å². The van der Waals surface area contributed by atoms with Gasteiger partial charge in [-0.1, -0.05) is 30.7 Å². The Morgan fingerprint density at radius 1 is 1.47 bits per heavy atom. The van der Waals surface area contributed by atoms with Crippen molar-refractivity contribution in [2.24, 2.45) is 0 Å². The smallest absolute Gasteiger partial charge is 0.255 e. The van der Waals surface area contributed by atoms with Gasteiger partial charge in [-0.25, -0.2) is 0 Å². The van der Waals surface area contributed by atoms with Gasteiger partial charge >= 0.3 is 0 Å². The first-order chi connectivity index (χ1) is 9.24. The third kappa shape index (κ3) is 3.48. The van der Waals surface area contributed by atoms with E-state index in [0.29, 0.717) is 10.6 Å². The third-order valence-corrected chi connectivity index (χ3v) is 3.87. The van der Waals surface area contributed by atoms with Crippen LogP contribution in [0.2, 0.25) is 5.02 Å². The predicted octanol–water partition coefficient (Wildman–Crippen LogP) is 2.94. The summed E-state index contributed by atoms with van der Waals surface area (Å²) in [6.07, 6.45) is 3.16. The molecule has 4 heteroatoms. The summed E-state index contributed by atoms with van der Waals surface area (Å²) in [6, 6.07) is 7.59. The van der Waals surface area contributed by atoms with Crippen LogP contribution in [-0.2, 0) is 0 Å². The minimum atomic E-state index is 0.0566. The van der Waals surface area contributed by atoms with Crippen LogP contribution in [0.25, 0.3) is 0 Å². The fourth-order valence-electron chi connectivity index (χ4n) is 2.58. The van der Waals surface area contributed by atoms with Crippen molar-refractivity contribution in [1.82, 2.24) is 10.2 Å². The summed E-state index contributed by atoms with van der Waals surface area (Å²) in [5.74, 6) is 0.0566. The monoisotopic (exact) mass is 280 g/mol. The molecular formula is C15H21ClN2O. The Balaban J connectivity index is 2.18. The molecule has 3 nitrogen and oxygen atoms in total. The number of carbonyl (C=O) groups is 1. The molecule has 0 bridgehead atoms. The molecule has 1 N–H and O–H groups in total. The fourth-order valence-corrected chi connectivity index (χ4v) is 2.80. The van der Waals surface area contributed by atoms with Gasteiger partial charge in [-0.2, -0.15) is 0 Å². The van der Waals surface area contributed by atoms with E-state index in [2.05, 4.69) is 12.2 Å². The first kappa shape index (κ1) is 14.4. The second-order valence-corrected chi connectivity index (χ2v) is 5.39. The van der Waals surface area contributed by atoms with Crippen LogP contribution in [0.15, 0.2) is 24.3 Å². The number of nitrogens with zero attached hydrogens (tertiary/aromatic N) is 1. The number of hydrogen-bond donors (Lipinski definition) is 1. The molecule has 0 saturated carbocycles. The van der Waals surface area contributed by atoms with E-state index >= 15 is 0 Å². The molecule has 19 heavy (non-hydrogen) atoms. The first-order valence-corrected chi connectivity index (χ1v) is 7.38. The highest BCUT2D eigenvalue weighted by atomic mass is 35.5. The summed E-state index contributed by atoms with van der Waals surface area (Å²) in [4.78, 5) is 14.6. The van der Waals surface area contributed by atoms with Crippen LogP contribution in [0.4, 0.5) is 0 Å². The quantitative estimate of drug-likeness (QED) is 0.920. The lowest BCUT2D eigenvalue weighted by Crippen LogP contribution is -2.49. The highest BCUT2D eigenvalue weighted by Crippen LogP contribution is 2.20. The van der Waals surface area contributed by atoms with E-state index < -0.39 is 0 Å². The number of carbonyl (C=O) groups excluding carboxylic acids is 1. The second kappa shape index (κ2) is 6.92. The van der Waals surface area contributed by atoms with E-state index in [1.165, 1.54) is 0 Å². The molecule has 1 aliphatic heterocycles. The molecule has 0 aliphatic carbocycles. The van der Waals surface area contributed by atoms with E-state index in [0.717, 1.165) is 38.9 Å². The van der Waals surface area contributed by atoms with Crippen LogP contribution in [0.1, 0.15) is 36.5 Å².